The molecule has 1 aliphatic carbocycles. The van der Waals surface area contributed by atoms with E-state index in [0.29, 0.717) is 34.8 Å². The molecule has 1 aliphatic heterocycles. The van der Waals surface area contributed by atoms with E-state index in [1.54, 1.807) is 0 Å². The lowest BCUT2D eigenvalue weighted by atomic mass is 9.75. The van der Waals surface area contributed by atoms with Crippen LogP contribution < -0.4 is 14.8 Å². The molecule has 6 heteroatoms. The lowest BCUT2D eigenvalue weighted by Gasteiger charge is -2.35. The molecule has 34 heavy (non-hydrogen) atoms. The van der Waals surface area contributed by atoms with Gasteiger partial charge in [0.05, 0.1) is 17.6 Å². The molecule has 0 bridgehead atoms. The van der Waals surface area contributed by atoms with Crippen molar-refractivity contribution in [1.29, 1.82) is 0 Å². The lowest BCUT2D eigenvalue weighted by Crippen LogP contribution is -2.35. The van der Waals surface area contributed by atoms with Crippen LogP contribution in [0.25, 0.3) is 0 Å². The van der Waals surface area contributed by atoms with Gasteiger partial charge in [0.15, 0.2) is 5.78 Å². The van der Waals surface area contributed by atoms with Crippen molar-refractivity contribution >= 4 is 11.8 Å². The number of benzene rings is 2. The van der Waals surface area contributed by atoms with Crippen molar-refractivity contribution < 1.29 is 23.8 Å². The van der Waals surface area contributed by atoms with Crippen LogP contribution in [-0.2, 0) is 14.3 Å². The summed E-state index contributed by atoms with van der Waals surface area (Å²) in [5, 5.41) is 3.32. The minimum atomic E-state index is -0.540. The molecule has 2 aromatic rings. The molecular weight excluding hydrogens is 430 g/mol. The fourth-order valence-corrected chi connectivity index (χ4v) is 4.53. The Balaban J connectivity index is 1.62. The molecule has 0 radical (unpaired) electrons. The van der Waals surface area contributed by atoms with E-state index in [9.17, 15) is 9.59 Å². The van der Waals surface area contributed by atoms with Gasteiger partial charge in [0, 0.05) is 29.0 Å². The zero-order chi connectivity index (χ0) is 24.1. The number of carbonyl (C=O) groups excluding carboxylic acids is 2. The van der Waals surface area contributed by atoms with Gasteiger partial charge < -0.3 is 19.5 Å². The van der Waals surface area contributed by atoms with Gasteiger partial charge in [-0.15, -0.1) is 0 Å². The molecule has 0 spiro atoms. The summed E-state index contributed by atoms with van der Waals surface area (Å²) in [5.74, 6) is 0.439. The largest absolute Gasteiger partial charge is 0.491 e. The Morgan fingerprint density at radius 3 is 2.53 bits per heavy atom. The van der Waals surface area contributed by atoms with E-state index in [-0.39, 0.29) is 25.1 Å². The molecule has 0 saturated carbocycles. The normalized spacial score (nSPS) is 17.9. The summed E-state index contributed by atoms with van der Waals surface area (Å²) in [7, 11) is 0. The number of ketones is 1. The number of Topliss-reactive ketones (excluding diaryl/α,β-unsaturated/α-hetero) is 1. The van der Waals surface area contributed by atoms with Crippen molar-refractivity contribution in [2.45, 2.75) is 52.1 Å². The maximum atomic E-state index is 13.4. The average Bonchev–Trinajstić information content (AvgIpc) is 2.82. The highest BCUT2D eigenvalue weighted by atomic mass is 16.6. The van der Waals surface area contributed by atoms with Crippen molar-refractivity contribution in [3.8, 4) is 11.5 Å². The van der Waals surface area contributed by atoms with Gasteiger partial charge >= 0.3 is 5.97 Å². The number of hydrogen-bond donors (Lipinski definition) is 1. The van der Waals surface area contributed by atoms with Crippen molar-refractivity contribution in [3.05, 3.63) is 82.7 Å². The van der Waals surface area contributed by atoms with Crippen molar-refractivity contribution in [2.75, 3.05) is 13.2 Å². The third-order valence-corrected chi connectivity index (χ3v) is 5.92. The molecule has 178 valence electrons. The average molecular weight is 462 g/mol. The van der Waals surface area contributed by atoms with E-state index in [4.69, 9.17) is 14.2 Å². The van der Waals surface area contributed by atoms with Crippen LogP contribution in [0.15, 0.2) is 77.1 Å². The molecule has 2 aromatic carbocycles. The van der Waals surface area contributed by atoms with Crippen LogP contribution in [0.5, 0.6) is 11.5 Å². The molecule has 1 N–H and O–H groups in total. The quantitative estimate of drug-likeness (QED) is 0.437. The fourth-order valence-electron chi connectivity index (χ4n) is 4.53. The maximum absolute atomic E-state index is 13.4. The molecule has 0 fully saturated rings. The summed E-state index contributed by atoms with van der Waals surface area (Å²) in [6, 6.07) is 17.0. The first-order valence-corrected chi connectivity index (χ1v) is 11.8. The number of esters is 1. The minimum Gasteiger partial charge on any atom is -0.491 e. The zero-order valence-corrected chi connectivity index (χ0v) is 19.9. The monoisotopic (exact) mass is 461 g/mol. The zero-order valence-electron chi connectivity index (χ0n) is 19.9. The van der Waals surface area contributed by atoms with Crippen molar-refractivity contribution in [2.24, 2.45) is 0 Å². The van der Waals surface area contributed by atoms with Crippen LogP contribution in [0.3, 0.4) is 0 Å². The third-order valence-electron chi connectivity index (χ3n) is 5.92. The number of para-hydroxylation sites is 2. The Morgan fingerprint density at radius 2 is 1.76 bits per heavy atom. The van der Waals surface area contributed by atoms with E-state index in [1.165, 1.54) is 0 Å². The molecule has 2 aliphatic rings. The predicted molar refractivity (Wildman–Crippen MR) is 130 cm³/mol. The lowest BCUT2D eigenvalue weighted by molar-refractivity contribution is -0.140. The van der Waals surface area contributed by atoms with Gasteiger partial charge in [0.1, 0.15) is 24.7 Å². The summed E-state index contributed by atoms with van der Waals surface area (Å²) >= 11 is 0. The van der Waals surface area contributed by atoms with E-state index in [2.05, 4.69) is 5.32 Å². The van der Waals surface area contributed by atoms with Crippen molar-refractivity contribution in [3.63, 3.8) is 0 Å². The first kappa shape index (κ1) is 23.6. The fraction of sp³-hybridized carbons (Fsp3) is 0.357. The van der Waals surface area contributed by atoms with Gasteiger partial charge in [0.25, 0.3) is 0 Å². The minimum absolute atomic E-state index is 0.0472. The highest BCUT2D eigenvalue weighted by molar-refractivity contribution is 6.04. The number of rotatable bonds is 8. The molecule has 4 rings (SSSR count). The Hall–Kier alpha value is -3.54. The Labute approximate surface area is 200 Å². The second-order valence-corrected chi connectivity index (χ2v) is 8.77. The number of dihydropyridines is 1. The second kappa shape index (κ2) is 10.6. The number of allylic oxidation sites excluding steroid dienone is 3. The Bertz CT molecular complexity index is 1120. The van der Waals surface area contributed by atoms with Gasteiger partial charge in [-0.1, -0.05) is 36.4 Å². The predicted octanol–water partition coefficient (Wildman–Crippen LogP) is 5.06. The van der Waals surface area contributed by atoms with Crippen molar-refractivity contribution in [1.82, 2.24) is 5.32 Å². The van der Waals surface area contributed by atoms with E-state index in [0.717, 1.165) is 24.1 Å². The van der Waals surface area contributed by atoms with Gasteiger partial charge in [-0.25, -0.2) is 4.79 Å². The molecule has 0 unspecified atom stereocenters. The molecule has 1 atom stereocenters. The number of nitrogens with one attached hydrogen (secondary N) is 1. The molecule has 0 saturated heterocycles. The highest BCUT2D eigenvalue weighted by Crippen LogP contribution is 2.45. The van der Waals surface area contributed by atoms with Gasteiger partial charge in [-0.05, 0) is 51.8 Å². The van der Waals surface area contributed by atoms with Crippen LogP contribution in [-0.4, -0.2) is 31.1 Å². The smallest absolute Gasteiger partial charge is 0.336 e. The van der Waals surface area contributed by atoms with E-state index >= 15 is 0 Å². The molecule has 1 heterocycles. The van der Waals surface area contributed by atoms with Crippen LogP contribution in [0.1, 0.15) is 51.5 Å². The summed E-state index contributed by atoms with van der Waals surface area (Å²) in [4.78, 5) is 26.5. The standard InChI is InChI=1S/C28H31NO5/c1-18(2)34-24-15-8-7-12-21(24)26-25(19(3)29-22-13-9-14-23(30)27(22)26)28(31)33-17-16-32-20-10-5-4-6-11-20/h4-8,10-12,15,18,26,29H,9,13-14,16-17H2,1-3H3/t26-/m0/s1. The third kappa shape index (κ3) is 5.16. The summed E-state index contributed by atoms with van der Waals surface area (Å²) in [6.45, 7) is 6.11. The first-order chi connectivity index (χ1) is 16.5. The Kier molecular flexibility index (Phi) is 7.36. The number of hydrogen-bond acceptors (Lipinski definition) is 6. The summed E-state index contributed by atoms with van der Waals surface area (Å²) < 4.78 is 17.4. The Morgan fingerprint density at radius 1 is 1.03 bits per heavy atom. The van der Waals surface area contributed by atoms with Crippen LogP contribution in [0.4, 0.5) is 0 Å². The molecule has 0 aromatic heterocycles. The molecule has 6 nitrogen and oxygen atoms in total. The highest BCUT2D eigenvalue weighted by Gasteiger charge is 2.40. The maximum Gasteiger partial charge on any atom is 0.336 e. The summed E-state index contributed by atoms with van der Waals surface area (Å²) in [5.41, 5.74) is 3.47. The van der Waals surface area contributed by atoms with E-state index < -0.39 is 11.9 Å². The van der Waals surface area contributed by atoms with Crippen LogP contribution in [0, 0.1) is 0 Å². The van der Waals surface area contributed by atoms with Crippen LogP contribution >= 0.6 is 0 Å². The SMILES string of the molecule is CC1=C(C(=O)OCCOc2ccccc2)[C@H](c2ccccc2OC(C)C)C2=C(CCCC2=O)N1. The first-order valence-electron chi connectivity index (χ1n) is 11.8. The number of ether oxygens (including phenoxy) is 3. The van der Waals surface area contributed by atoms with Gasteiger partial charge in [-0.3, -0.25) is 4.79 Å². The molecular formula is C28H31NO5. The van der Waals surface area contributed by atoms with Crippen LogP contribution in [0.2, 0.25) is 0 Å². The van der Waals surface area contributed by atoms with Gasteiger partial charge in [0.2, 0.25) is 0 Å². The topological polar surface area (TPSA) is 73.9 Å². The second-order valence-electron chi connectivity index (χ2n) is 8.77. The van der Waals surface area contributed by atoms with Gasteiger partial charge in [-0.2, -0.15) is 0 Å². The molecule has 0 amide bonds. The number of carbonyl (C=O) groups is 2. The van der Waals surface area contributed by atoms with E-state index in [1.807, 2.05) is 75.4 Å². The summed E-state index contributed by atoms with van der Waals surface area (Å²) in [6.07, 6.45) is 1.99.